The van der Waals surface area contributed by atoms with E-state index in [1.54, 1.807) is 10.9 Å². The van der Waals surface area contributed by atoms with Gasteiger partial charge in [0, 0.05) is 18.6 Å². The minimum Gasteiger partial charge on any atom is -0.238 e. The Bertz CT molecular complexity index is 368. The number of terminal acetylenes is 1. The average Bonchev–Trinajstić information content (AvgIpc) is 2.46. The highest BCUT2D eigenvalue weighted by Gasteiger charge is 2.14. The molecule has 3 heteroatoms. The molecule has 0 bridgehead atoms. The van der Waals surface area contributed by atoms with Crippen LogP contribution in [0, 0.1) is 18.3 Å². The molecule has 0 aromatic carbocycles. The number of rotatable bonds is 0. The molecule has 0 aliphatic carbocycles. The van der Waals surface area contributed by atoms with Crippen molar-refractivity contribution in [2.24, 2.45) is 11.0 Å². The highest BCUT2D eigenvalue weighted by Crippen LogP contribution is 2.13. The third kappa shape index (κ3) is 0.928. The van der Waals surface area contributed by atoms with Gasteiger partial charge in [-0.05, 0) is 5.92 Å². The molecule has 1 aromatic rings. The van der Waals surface area contributed by atoms with E-state index in [1.807, 2.05) is 6.21 Å². The molecular weight excluding hydrogens is 150 g/mol. The summed E-state index contributed by atoms with van der Waals surface area (Å²) in [5.74, 6) is 3.96. The Kier molecular flexibility index (Phi) is 1.47. The smallest absolute Gasteiger partial charge is 0.134 e. The topological polar surface area (TPSA) is 30.2 Å². The molecule has 3 nitrogen and oxygen atoms in total. The molecule has 0 amide bonds. The molecule has 1 aliphatic heterocycles. The fourth-order valence-corrected chi connectivity index (χ4v) is 1.27. The molecule has 0 radical (unpaired) electrons. The van der Waals surface area contributed by atoms with E-state index in [2.05, 4.69) is 22.9 Å². The van der Waals surface area contributed by atoms with E-state index in [9.17, 15) is 0 Å². The van der Waals surface area contributed by atoms with Crippen LogP contribution in [0.15, 0.2) is 11.3 Å². The molecule has 0 spiro atoms. The second-order valence-electron chi connectivity index (χ2n) is 2.96. The highest BCUT2D eigenvalue weighted by molar-refractivity contribution is 5.61. The minimum atomic E-state index is 0.463. The Morgan fingerprint density at radius 2 is 2.58 bits per heavy atom. The fourth-order valence-electron chi connectivity index (χ4n) is 1.27. The van der Waals surface area contributed by atoms with Crippen LogP contribution in [0.3, 0.4) is 0 Å². The molecular formula is C9H9N3. The maximum Gasteiger partial charge on any atom is 0.134 e. The lowest BCUT2D eigenvalue weighted by Crippen LogP contribution is -2.13. The quantitative estimate of drug-likeness (QED) is 0.517. The molecule has 12 heavy (non-hydrogen) atoms. The first kappa shape index (κ1) is 7.11. The summed E-state index contributed by atoms with van der Waals surface area (Å²) in [5.41, 5.74) is 0.730. The third-order valence-corrected chi connectivity index (χ3v) is 1.90. The zero-order valence-corrected chi connectivity index (χ0v) is 6.86. The van der Waals surface area contributed by atoms with Crippen molar-refractivity contribution in [3.8, 4) is 12.3 Å². The van der Waals surface area contributed by atoms with Crippen LogP contribution in [0.1, 0.15) is 18.4 Å². The standard InChI is InChI=1S/C9H9N3/c1-3-8-6-10-9-4-7(2)5-11-12(8)9/h1,5-7H,4H2,2H3. The van der Waals surface area contributed by atoms with E-state index in [4.69, 9.17) is 6.42 Å². The summed E-state index contributed by atoms with van der Waals surface area (Å²) >= 11 is 0. The Hall–Kier alpha value is -1.56. The van der Waals surface area contributed by atoms with Crippen molar-refractivity contribution in [1.29, 1.82) is 0 Å². The van der Waals surface area contributed by atoms with E-state index in [0.29, 0.717) is 5.92 Å². The first-order valence-corrected chi connectivity index (χ1v) is 3.89. The van der Waals surface area contributed by atoms with Gasteiger partial charge in [-0.15, -0.1) is 6.42 Å². The van der Waals surface area contributed by atoms with Crippen LogP contribution in [0.4, 0.5) is 0 Å². The molecule has 1 aromatic heterocycles. The van der Waals surface area contributed by atoms with Crippen molar-refractivity contribution >= 4 is 6.21 Å². The van der Waals surface area contributed by atoms with E-state index >= 15 is 0 Å². The molecule has 60 valence electrons. The van der Waals surface area contributed by atoms with Gasteiger partial charge < -0.3 is 0 Å². The van der Waals surface area contributed by atoms with Gasteiger partial charge in [0.2, 0.25) is 0 Å². The van der Waals surface area contributed by atoms with Gasteiger partial charge in [0.15, 0.2) is 0 Å². The molecule has 0 saturated heterocycles. The predicted octanol–water partition coefficient (Wildman–Crippen LogP) is 0.890. The molecule has 2 rings (SSSR count). The van der Waals surface area contributed by atoms with Crippen LogP contribution in [0.5, 0.6) is 0 Å². The summed E-state index contributed by atoms with van der Waals surface area (Å²) < 4.78 is 1.72. The highest BCUT2D eigenvalue weighted by atomic mass is 15.4. The minimum absolute atomic E-state index is 0.463. The van der Waals surface area contributed by atoms with Gasteiger partial charge in [0.25, 0.3) is 0 Å². The van der Waals surface area contributed by atoms with Crippen molar-refractivity contribution < 1.29 is 0 Å². The summed E-state index contributed by atoms with van der Waals surface area (Å²) in [6.07, 6.45) is 9.77. The Morgan fingerprint density at radius 3 is 3.33 bits per heavy atom. The Morgan fingerprint density at radius 1 is 1.75 bits per heavy atom. The van der Waals surface area contributed by atoms with E-state index in [0.717, 1.165) is 17.9 Å². The maximum absolute atomic E-state index is 5.27. The van der Waals surface area contributed by atoms with Crippen LogP contribution >= 0.6 is 0 Å². The SMILES string of the molecule is C#Cc1cnc2n1N=CC(C)C2. The normalized spacial score (nSPS) is 20.2. The lowest BCUT2D eigenvalue weighted by atomic mass is 10.1. The monoisotopic (exact) mass is 159 g/mol. The van der Waals surface area contributed by atoms with Gasteiger partial charge in [-0.2, -0.15) is 5.10 Å². The van der Waals surface area contributed by atoms with Gasteiger partial charge in [0.1, 0.15) is 11.5 Å². The molecule has 1 aliphatic rings. The van der Waals surface area contributed by atoms with Gasteiger partial charge in [0.05, 0.1) is 6.20 Å². The molecule has 0 N–H and O–H groups in total. The van der Waals surface area contributed by atoms with E-state index < -0.39 is 0 Å². The van der Waals surface area contributed by atoms with Crippen molar-refractivity contribution in [2.45, 2.75) is 13.3 Å². The summed E-state index contributed by atoms with van der Waals surface area (Å²) in [6.45, 7) is 2.11. The zero-order chi connectivity index (χ0) is 8.55. The van der Waals surface area contributed by atoms with Crippen LogP contribution < -0.4 is 0 Å². The van der Waals surface area contributed by atoms with Crippen molar-refractivity contribution in [2.75, 3.05) is 0 Å². The Balaban J connectivity index is 2.51. The van der Waals surface area contributed by atoms with E-state index in [1.165, 1.54) is 0 Å². The lowest BCUT2D eigenvalue weighted by molar-refractivity contribution is 0.643. The average molecular weight is 159 g/mol. The van der Waals surface area contributed by atoms with E-state index in [-0.39, 0.29) is 0 Å². The number of hydrogen-bond donors (Lipinski definition) is 0. The van der Waals surface area contributed by atoms with Gasteiger partial charge in [-0.25, -0.2) is 9.66 Å². The molecule has 0 fully saturated rings. The van der Waals surface area contributed by atoms with Gasteiger partial charge in [-0.1, -0.05) is 6.92 Å². The predicted molar refractivity (Wildman–Crippen MR) is 46.9 cm³/mol. The molecule has 0 saturated carbocycles. The number of fused-ring (bicyclic) bond motifs is 1. The maximum atomic E-state index is 5.27. The summed E-state index contributed by atoms with van der Waals surface area (Å²) in [5, 5.41) is 4.19. The summed E-state index contributed by atoms with van der Waals surface area (Å²) in [7, 11) is 0. The summed E-state index contributed by atoms with van der Waals surface area (Å²) in [6, 6.07) is 0. The number of nitrogens with zero attached hydrogens (tertiary/aromatic N) is 3. The second kappa shape index (κ2) is 2.49. The first-order valence-electron chi connectivity index (χ1n) is 3.89. The lowest BCUT2D eigenvalue weighted by Gasteiger charge is -2.11. The summed E-state index contributed by atoms with van der Waals surface area (Å²) in [4.78, 5) is 4.18. The van der Waals surface area contributed by atoms with Crippen molar-refractivity contribution in [3.05, 3.63) is 17.7 Å². The Labute approximate surface area is 71.1 Å². The van der Waals surface area contributed by atoms with Crippen LogP contribution in [0.25, 0.3) is 0 Å². The van der Waals surface area contributed by atoms with Gasteiger partial charge in [-0.3, -0.25) is 0 Å². The van der Waals surface area contributed by atoms with Crippen molar-refractivity contribution in [3.63, 3.8) is 0 Å². The van der Waals surface area contributed by atoms with Crippen LogP contribution in [-0.4, -0.2) is 15.9 Å². The van der Waals surface area contributed by atoms with Crippen LogP contribution in [0.2, 0.25) is 0 Å². The first-order chi connectivity index (χ1) is 5.81. The molecule has 2 heterocycles. The molecule has 1 atom stereocenters. The van der Waals surface area contributed by atoms with Gasteiger partial charge >= 0.3 is 0 Å². The number of hydrogen-bond acceptors (Lipinski definition) is 2. The number of imidazole rings is 1. The largest absolute Gasteiger partial charge is 0.238 e. The van der Waals surface area contributed by atoms with Crippen LogP contribution in [-0.2, 0) is 6.42 Å². The molecule has 1 unspecified atom stereocenters. The third-order valence-electron chi connectivity index (χ3n) is 1.90. The zero-order valence-electron chi connectivity index (χ0n) is 6.86. The second-order valence-corrected chi connectivity index (χ2v) is 2.96. The fraction of sp³-hybridized carbons (Fsp3) is 0.333. The number of aromatic nitrogens is 2. The van der Waals surface area contributed by atoms with Crippen molar-refractivity contribution in [1.82, 2.24) is 9.66 Å².